The van der Waals surface area contributed by atoms with E-state index in [1.54, 1.807) is 24.3 Å². The van der Waals surface area contributed by atoms with Gasteiger partial charge in [-0.1, -0.05) is 56.6 Å². The highest BCUT2D eigenvalue weighted by Crippen LogP contribution is 2.54. The fourth-order valence-electron chi connectivity index (χ4n) is 6.03. The summed E-state index contributed by atoms with van der Waals surface area (Å²) < 4.78 is 20.6. The van der Waals surface area contributed by atoms with Gasteiger partial charge in [0.25, 0.3) is 5.91 Å². The number of hydrogen-bond acceptors (Lipinski definition) is 5. The van der Waals surface area contributed by atoms with E-state index in [9.17, 15) is 14.4 Å². The van der Waals surface area contributed by atoms with E-state index in [0.717, 1.165) is 5.56 Å². The minimum absolute atomic E-state index is 0.0656. The summed E-state index contributed by atoms with van der Waals surface area (Å²) in [5.41, 5.74) is 6.04. The lowest BCUT2D eigenvalue weighted by Crippen LogP contribution is -2.49. The number of carbonyl (C=O) groups excluding carboxylic acids is 3. The Labute approximate surface area is 243 Å². The SMILES string of the molecule is COc1cc(NC(=O)C2CC3(C(=O)N(c4cccc(Cl)c4F)c4ccccc43)C(CC(C)(C)C)N2)ccc1C(N)=O. The number of nitrogens with zero attached hydrogens (tertiary/aromatic N) is 1. The fraction of sp³-hybridized carbons (Fsp3) is 0.323. The second-order valence-corrected chi connectivity index (χ2v) is 12.1. The molecule has 4 N–H and O–H groups in total. The van der Waals surface area contributed by atoms with Crippen molar-refractivity contribution >= 4 is 46.4 Å². The van der Waals surface area contributed by atoms with Gasteiger partial charge in [-0.2, -0.15) is 0 Å². The molecule has 1 saturated heterocycles. The van der Waals surface area contributed by atoms with Gasteiger partial charge in [0.2, 0.25) is 11.8 Å². The first-order valence-corrected chi connectivity index (χ1v) is 13.7. The van der Waals surface area contributed by atoms with Crippen molar-refractivity contribution in [3.63, 3.8) is 0 Å². The Bertz CT molecular complexity index is 1560. The summed E-state index contributed by atoms with van der Waals surface area (Å²) in [6, 6.07) is 15.3. The fourth-order valence-corrected chi connectivity index (χ4v) is 6.20. The molecule has 0 aromatic heterocycles. The molecule has 214 valence electrons. The topological polar surface area (TPSA) is 114 Å². The third kappa shape index (κ3) is 4.93. The highest BCUT2D eigenvalue weighted by molar-refractivity contribution is 6.31. The molecule has 3 aromatic carbocycles. The van der Waals surface area contributed by atoms with Crippen LogP contribution in [0.1, 0.15) is 49.5 Å². The van der Waals surface area contributed by atoms with Gasteiger partial charge in [-0.25, -0.2) is 4.39 Å². The number of methoxy groups -OCH3 is 1. The van der Waals surface area contributed by atoms with Gasteiger partial charge in [0.15, 0.2) is 5.82 Å². The Morgan fingerprint density at radius 1 is 1.15 bits per heavy atom. The minimum Gasteiger partial charge on any atom is -0.496 e. The van der Waals surface area contributed by atoms with Crippen LogP contribution < -0.4 is 26.0 Å². The quantitative estimate of drug-likeness (QED) is 0.367. The Morgan fingerprint density at radius 2 is 1.85 bits per heavy atom. The molecule has 0 saturated carbocycles. The second kappa shape index (κ2) is 10.5. The first-order valence-electron chi connectivity index (χ1n) is 13.3. The van der Waals surface area contributed by atoms with Crippen LogP contribution in [-0.2, 0) is 15.0 Å². The zero-order valence-electron chi connectivity index (χ0n) is 23.3. The van der Waals surface area contributed by atoms with Gasteiger partial charge >= 0.3 is 0 Å². The van der Waals surface area contributed by atoms with Crippen LogP contribution in [0.2, 0.25) is 5.02 Å². The number of amides is 3. The molecule has 10 heteroatoms. The van der Waals surface area contributed by atoms with Crippen LogP contribution in [0.4, 0.5) is 21.5 Å². The van der Waals surface area contributed by atoms with Crippen molar-refractivity contribution in [2.24, 2.45) is 11.1 Å². The molecule has 41 heavy (non-hydrogen) atoms. The third-order valence-corrected chi connectivity index (χ3v) is 8.07. The maximum atomic E-state index is 15.3. The maximum Gasteiger partial charge on any atom is 0.252 e. The number of nitrogens with two attached hydrogens (primary N) is 1. The summed E-state index contributed by atoms with van der Waals surface area (Å²) in [6.45, 7) is 6.21. The lowest BCUT2D eigenvalue weighted by Gasteiger charge is -2.34. The van der Waals surface area contributed by atoms with Crippen molar-refractivity contribution in [3.8, 4) is 5.75 Å². The molecular formula is C31H32ClFN4O4. The number of hydrogen-bond donors (Lipinski definition) is 3. The van der Waals surface area contributed by atoms with E-state index >= 15 is 4.39 Å². The predicted octanol–water partition coefficient (Wildman–Crippen LogP) is 5.31. The molecule has 0 radical (unpaired) electrons. The number of primary amides is 1. The maximum absolute atomic E-state index is 15.3. The minimum atomic E-state index is -1.13. The summed E-state index contributed by atoms with van der Waals surface area (Å²) in [7, 11) is 1.41. The van der Waals surface area contributed by atoms with Gasteiger partial charge in [0, 0.05) is 17.8 Å². The number of nitrogens with one attached hydrogen (secondary N) is 2. The Hall–Kier alpha value is -3.95. The molecule has 2 heterocycles. The average molecular weight is 579 g/mol. The van der Waals surface area contributed by atoms with Gasteiger partial charge in [-0.05, 0) is 54.2 Å². The zero-order chi connectivity index (χ0) is 29.7. The number of halogens is 2. The standard InChI is InChI=1S/C31H32ClFN4O4/c1-30(2,3)16-25-31(15-21(36-25)28(39)35-17-12-13-18(27(34)38)24(14-17)41-4)19-8-5-6-10-22(19)37(29(31)40)23-11-7-9-20(32)26(23)33/h5-14,21,25,36H,15-16H2,1-4H3,(H2,34,38)(H,35,39). The molecule has 3 aromatic rings. The molecular weight excluding hydrogens is 547 g/mol. The monoisotopic (exact) mass is 578 g/mol. The molecule has 3 atom stereocenters. The van der Waals surface area contributed by atoms with Crippen LogP contribution in [0.3, 0.4) is 0 Å². The van der Waals surface area contributed by atoms with Crippen molar-refractivity contribution in [2.75, 3.05) is 17.3 Å². The molecule has 3 unspecified atom stereocenters. The van der Waals surface area contributed by atoms with Crippen molar-refractivity contribution in [1.82, 2.24) is 5.32 Å². The van der Waals surface area contributed by atoms with E-state index in [1.165, 1.54) is 36.3 Å². The molecule has 0 aliphatic carbocycles. The summed E-state index contributed by atoms with van der Waals surface area (Å²) >= 11 is 6.11. The van der Waals surface area contributed by atoms with E-state index in [4.69, 9.17) is 22.1 Å². The summed E-state index contributed by atoms with van der Waals surface area (Å²) in [6.07, 6.45) is 0.731. The average Bonchev–Trinajstić information content (AvgIpc) is 3.40. The van der Waals surface area contributed by atoms with Gasteiger partial charge in [-0.3, -0.25) is 19.3 Å². The zero-order valence-corrected chi connectivity index (χ0v) is 24.0. The van der Waals surface area contributed by atoms with Crippen LogP contribution in [0, 0.1) is 11.2 Å². The Kier molecular flexibility index (Phi) is 7.29. The van der Waals surface area contributed by atoms with E-state index in [2.05, 4.69) is 31.4 Å². The van der Waals surface area contributed by atoms with Crippen molar-refractivity contribution in [1.29, 1.82) is 0 Å². The molecule has 2 aliphatic rings. The lowest BCUT2D eigenvalue weighted by atomic mass is 9.70. The van der Waals surface area contributed by atoms with Crippen LogP contribution in [0.25, 0.3) is 0 Å². The number of anilines is 3. The first kappa shape index (κ1) is 28.6. The Balaban J connectivity index is 1.55. The second-order valence-electron chi connectivity index (χ2n) is 11.7. The number of ether oxygens (including phenoxy) is 1. The van der Waals surface area contributed by atoms with Gasteiger partial charge < -0.3 is 21.1 Å². The highest BCUT2D eigenvalue weighted by Gasteiger charge is 2.62. The number of para-hydroxylation sites is 1. The number of benzene rings is 3. The lowest BCUT2D eigenvalue weighted by molar-refractivity contribution is -0.123. The van der Waals surface area contributed by atoms with E-state index < -0.39 is 29.2 Å². The molecule has 1 spiro atoms. The Morgan fingerprint density at radius 3 is 2.54 bits per heavy atom. The van der Waals surface area contributed by atoms with Crippen LogP contribution in [0.15, 0.2) is 60.7 Å². The third-order valence-electron chi connectivity index (χ3n) is 7.77. The van der Waals surface area contributed by atoms with Crippen molar-refractivity contribution < 1.29 is 23.5 Å². The van der Waals surface area contributed by atoms with Gasteiger partial charge in [0.05, 0.1) is 40.5 Å². The number of rotatable bonds is 6. The molecule has 2 aliphatic heterocycles. The first-order chi connectivity index (χ1) is 19.4. The molecule has 8 nitrogen and oxygen atoms in total. The summed E-state index contributed by atoms with van der Waals surface area (Å²) in [5.74, 6) is -1.77. The van der Waals surface area contributed by atoms with Crippen molar-refractivity contribution in [3.05, 3.63) is 82.6 Å². The summed E-state index contributed by atoms with van der Waals surface area (Å²) in [5, 5.41) is 6.24. The normalized spacial score (nSPS) is 21.7. The summed E-state index contributed by atoms with van der Waals surface area (Å²) in [4.78, 5) is 41.3. The number of carbonyl (C=O) groups is 3. The van der Waals surface area contributed by atoms with Crippen molar-refractivity contribution in [2.45, 2.75) is 51.1 Å². The van der Waals surface area contributed by atoms with Gasteiger partial charge in [0.1, 0.15) is 5.75 Å². The van der Waals surface area contributed by atoms with Crippen LogP contribution in [0.5, 0.6) is 5.75 Å². The molecule has 3 amide bonds. The number of fused-ring (bicyclic) bond motifs is 2. The largest absolute Gasteiger partial charge is 0.496 e. The van der Waals surface area contributed by atoms with Crippen LogP contribution >= 0.6 is 11.6 Å². The van der Waals surface area contributed by atoms with Gasteiger partial charge in [-0.15, -0.1) is 0 Å². The highest BCUT2D eigenvalue weighted by atomic mass is 35.5. The predicted molar refractivity (Wildman–Crippen MR) is 156 cm³/mol. The molecule has 5 rings (SSSR count). The smallest absolute Gasteiger partial charge is 0.252 e. The van der Waals surface area contributed by atoms with E-state index in [-0.39, 0.29) is 45.7 Å². The van der Waals surface area contributed by atoms with E-state index in [1.807, 2.05) is 12.1 Å². The molecule has 0 bridgehead atoms. The molecule has 1 fully saturated rings. The van der Waals surface area contributed by atoms with E-state index in [0.29, 0.717) is 17.8 Å². The van der Waals surface area contributed by atoms with Crippen LogP contribution in [-0.4, -0.2) is 36.9 Å².